The average Bonchev–Trinajstić information content (AvgIpc) is 2.92. The van der Waals surface area contributed by atoms with E-state index in [1.165, 1.54) is 17.0 Å². The lowest BCUT2D eigenvalue weighted by atomic mass is 10.1. The molecule has 0 bridgehead atoms. The van der Waals surface area contributed by atoms with Gasteiger partial charge in [0.15, 0.2) is 0 Å². The van der Waals surface area contributed by atoms with E-state index in [0.717, 1.165) is 21.9 Å². The Labute approximate surface area is 220 Å². The number of carbonyl (C=O) groups excluding carboxylic acids is 2. The van der Waals surface area contributed by atoms with Crippen molar-refractivity contribution in [2.45, 2.75) is 51.1 Å². The molecule has 196 valence electrons. The summed E-state index contributed by atoms with van der Waals surface area (Å²) in [5, 5.41) is 2.81. The van der Waals surface area contributed by atoms with Gasteiger partial charge in [0.05, 0.1) is 10.6 Å². The Morgan fingerprint density at radius 1 is 0.811 bits per heavy atom. The molecule has 3 aromatic carbocycles. The Bertz CT molecular complexity index is 1260. The Balaban J connectivity index is 2.03. The van der Waals surface area contributed by atoms with Crippen LogP contribution in [0.3, 0.4) is 0 Å². The second-order valence-corrected chi connectivity index (χ2v) is 10.5. The molecule has 1 atom stereocenters. The fourth-order valence-corrected chi connectivity index (χ4v) is 5.57. The number of nitrogens with one attached hydrogen (secondary N) is 1. The highest BCUT2D eigenvalue weighted by molar-refractivity contribution is 7.92. The van der Waals surface area contributed by atoms with Crippen LogP contribution in [-0.4, -0.2) is 44.3 Å². The topological polar surface area (TPSA) is 86.8 Å². The molecule has 3 rings (SSSR count). The molecule has 0 saturated heterocycles. The summed E-state index contributed by atoms with van der Waals surface area (Å²) in [4.78, 5) is 28.4. The van der Waals surface area contributed by atoms with Crippen molar-refractivity contribution in [3.63, 3.8) is 0 Å². The van der Waals surface area contributed by atoms with Gasteiger partial charge in [0.2, 0.25) is 11.8 Å². The first-order valence-corrected chi connectivity index (χ1v) is 14.0. The fourth-order valence-electron chi connectivity index (χ4n) is 4.14. The number of nitrogens with zero attached hydrogens (tertiary/aromatic N) is 2. The van der Waals surface area contributed by atoms with Crippen molar-refractivity contribution in [1.29, 1.82) is 0 Å². The highest BCUT2D eigenvalue weighted by Crippen LogP contribution is 2.25. The van der Waals surface area contributed by atoms with Gasteiger partial charge in [0, 0.05) is 13.1 Å². The first-order valence-electron chi connectivity index (χ1n) is 12.6. The molecular formula is C29H35N3O4S. The van der Waals surface area contributed by atoms with Crippen LogP contribution in [0.1, 0.15) is 38.3 Å². The monoisotopic (exact) mass is 521 g/mol. The van der Waals surface area contributed by atoms with Gasteiger partial charge >= 0.3 is 0 Å². The van der Waals surface area contributed by atoms with Crippen molar-refractivity contribution in [2.24, 2.45) is 0 Å². The van der Waals surface area contributed by atoms with Gasteiger partial charge in [-0.2, -0.15) is 0 Å². The molecule has 0 aromatic heterocycles. The lowest BCUT2D eigenvalue weighted by Crippen LogP contribution is -2.52. The molecular weight excluding hydrogens is 486 g/mol. The van der Waals surface area contributed by atoms with Gasteiger partial charge in [0.1, 0.15) is 12.6 Å². The van der Waals surface area contributed by atoms with E-state index in [9.17, 15) is 18.0 Å². The van der Waals surface area contributed by atoms with Gasteiger partial charge < -0.3 is 10.2 Å². The SMILES string of the molecule is CCNC(=O)C(CC)N(Cc1ccccc1)C(=O)CN(c1ccc(CC)cc1)S(=O)(=O)c1ccccc1. The summed E-state index contributed by atoms with van der Waals surface area (Å²) >= 11 is 0. The highest BCUT2D eigenvalue weighted by atomic mass is 32.2. The third-order valence-electron chi connectivity index (χ3n) is 6.18. The second-order valence-electron chi connectivity index (χ2n) is 8.67. The van der Waals surface area contributed by atoms with Crippen LogP contribution in [0.25, 0.3) is 0 Å². The third-order valence-corrected chi connectivity index (χ3v) is 7.96. The second kappa shape index (κ2) is 13.1. The molecule has 0 spiro atoms. The maximum atomic E-state index is 13.9. The average molecular weight is 522 g/mol. The normalized spacial score (nSPS) is 12.0. The Morgan fingerprint density at radius 3 is 1.95 bits per heavy atom. The van der Waals surface area contributed by atoms with Gasteiger partial charge in [-0.3, -0.25) is 13.9 Å². The molecule has 1 unspecified atom stereocenters. The zero-order valence-corrected chi connectivity index (χ0v) is 22.4. The van der Waals surface area contributed by atoms with E-state index >= 15 is 0 Å². The number of benzene rings is 3. The van der Waals surface area contributed by atoms with Gasteiger partial charge in [-0.1, -0.05) is 74.5 Å². The number of hydrogen-bond acceptors (Lipinski definition) is 4. The molecule has 0 radical (unpaired) electrons. The Hall–Kier alpha value is -3.65. The van der Waals surface area contributed by atoms with E-state index in [-0.39, 0.29) is 17.3 Å². The van der Waals surface area contributed by atoms with Gasteiger partial charge in [0.25, 0.3) is 10.0 Å². The molecule has 7 nitrogen and oxygen atoms in total. The largest absolute Gasteiger partial charge is 0.355 e. The van der Waals surface area contributed by atoms with Gasteiger partial charge in [-0.25, -0.2) is 8.42 Å². The van der Waals surface area contributed by atoms with Crippen molar-refractivity contribution in [3.8, 4) is 0 Å². The minimum absolute atomic E-state index is 0.0905. The molecule has 3 aromatic rings. The molecule has 0 aliphatic heterocycles. The number of sulfonamides is 1. The van der Waals surface area contributed by atoms with Crippen LogP contribution in [-0.2, 0) is 32.6 Å². The summed E-state index contributed by atoms with van der Waals surface area (Å²) in [7, 11) is -4.05. The first kappa shape index (κ1) is 27.9. The van der Waals surface area contributed by atoms with Crippen LogP contribution < -0.4 is 9.62 Å². The van der Waals surface area contributed by atoms with Crippen LogP contribution in [0.15, 0.2) is 89.8 Å². The van der Waals surface area contributed by atoms with Crippen LogP contribution in [0, 0.1) is 0 Å². The van der Waals surface area contributed by atoms with E-state index in [4.69, 9.17) is 0 Å². The van der Waals surface area contributed by atoms with E-state index in [0.29, 0.717) is 18.7 Å². The zero-order valence-electron chi connectivity index (χ0n) is 21.6. The molecule has 1 N–H and O–H groups in total. The number of likely N-dealkylation sites (N-methyl/N-ethyl adjacent to an activating group) is 1. The van der Waals surface area contributed by atoms with E-state index in [2.05, 4.69) is 5.32 Å². The number of anilines is 1. The summed E-state index contributed by atoms with van der Waals surface area (Å²) < 4.78 is 28.6. The number of carbonyl (C=O) groups is 2. The molecule has 0 aliphatic carbocycles. The minimum Gasteiger partial charge on any atom is -0.355 e. The molecule has 8 heteroatoms. The van der Waals surface area contributed by atoms with E-state index in [1.54, 1.807) is 30.3 Å². The van der Waals surface area contributed by atoms with Crippen molar-refractivity contribution in [1.82, 2.24) is 10.2 Å². The minimum atomic E-state index is -4.05. The predicted molar refractivity (Wildman–Crippen MR) is 147 cm³/mol. The number of hydrogen-bond donors (Lipinski definition) is 1. The summed E-state index contributed by atoms with van der Waals surface area (Å²) in [5.41, 5.74) is 2.30. The highest BCUT2D eigenvalue weighted by Gasteiger charge is 2.33. The Kier molecular flexibility index (Phi) is 9.85. The Morgan fingerprint density at radius 2 is 1.41 bits per heavy atom. The van der Waals surface area contributed by atoms with Crippen LogP contribution in [0.2, 0.25) is 0 Å². The summed E-state index contributed by atoms with van der Waals surface area (Å²) in [5.74, 6) is -0.722. The maximum absolute atomic E-state index is 13.9. The molecule has 2 amide bonds. The lowest BCUT2D eigenvalue weighted by molar-refractivity contribution is -0.140. The number of amides is 2. The smallest absolute Gasteiger partial charge is 0.264 e. The zero-order chi connectivity index (χ0) is 26.8. The first-order chi connectivity index (χ1) is 17.8. The van der Waals surface area contributed by atoms with Crippen LogP contribution in [0.5, 0.6) is 0 Å². The molecule has 0 saturated carbocycles. The molecule has 37 heavy (non-hydrogen) atoms. The fraction of sp³-hybridized carbons (Fsp3) is 0.310. The predicted octanol–water partition coefficient (Wildman–Crippen LogP) is 4.39. The maximum Gasteiger partial charge on any atom is 0.264 e. The summed E-state index contributed by atoms with van der Waals surface area (Å²) in [6.07, 6.45) is 1.20. The quantitative estimate of drug-likeness (QED) is 0.383. The summed E-state index contributed by atoms with van der Waals surface area (Å²) in [6, 6.07) is 23.9. The molecule has 0 aliphatic rings. The van der Waals surface area contributed by atoms with Crippen molar-refractivity contribution in [2.75, 3.05) is 17.4 Å². The van der Waals surface area contributed by atoms with Crippen LogP contribution in [0.4, 0.5) is 5.69 Å². The van der Waals surface area contributed by atoms with Crippen molar-refractivity contribution >= 4 is 27.5 Å². The molecule has 0 fully saturated rings. The number of rotatable bonds is 12. The van der Waals surface area contributed by atoms with Gasteiger partial charge in [-0.15, -0.1) is 0 Å². The van der Waals surface area contributed by atoms with E-state index < -0.39 is 28.5 Å². The number of aryl methyl sites for hydroxylation is 1. The lowest BCUT2D eigenvalue weighted by Gasteiger charge is -2.33. The summed E-state index contributed by atoms with van der Waals surface area (Å²) in [6.45, 7) is 5.86. The van der Waals surface area contributed by atoms with E-state index in [1.807, 2.05) is 63.2 Å². The van der Waals surface area contributed by atoms with Crippen molar-refractivity contribution in [3.05, 3.63) is 96.1 Å². The molecule has 0 heterocycles. The van der Waals surface area contributed by atoms with Crippen LogP contribution >= 0.6 is 0 Å². The van der Waals surface area contributed by atoms with Gasteiger partial charge in [-0.05, 0) is 55.2 Å². The standard InChI is InChI=1S/C29H35N3O4S/c1-4-23-17-19-25(20-18-23)32(37(35,36)26-15-11-8-12-16-26)22-28(33)31(21-24-13-9-7-10-14-24)27(5-2)29(34)30-6-3/h7-20,27H,4-6,21-22H2,1-3H3,(H,30,34). The third kappa shape index (κ3) is 6.98. The van der Waals surface area contributed by atoms with Crippen molar-refractivity contribution < 1.29 is 18.0 Å².